The standard InChI is InChI=1S/C23H35N3O2/c1-4-18-7-11-24-21(16-18)23(28)26-14-9-20(10-15-26)19-6-5-12-25(13-8-19)22(27)17(2)3/h7,11,16-17,19-20H,4-6,8-10,12-15H2,1-3H3. The van der Waals surface area contributed by atoms with Crippen LogP contribution in [0.5, 0.6) is 0 Å². The first-order valence-electron chi connectivity index (χ1n) is 11.0. The average molecular weight is 386 g/mol. The molecule has 1 unspecified atom stereocenters. The van der Waals surface area contributed by atoms with E-state index in [9.17, 15) is 9.59 Å². The van der Waals surface area contributed by atoms with Crippen LogP contribution in [0.1, 0.15) is 68.9 Å². The predicted molar refractivity (Wildman–Crippen MR) is 111 cm³/mol. The maximum absolute atomic E-state index is 12.8. The van der Waals surface area contributed by atoms with E-state index in [-0.39, 0.29) is 11.8 Å². The maximum Gasteiger partial charge on any atom is 0.272 e. The highest BCUT2D eigenvalue weighted by atomic mass is 16.2. The molecule has 0 aromatic carbocycles. The number of hydrogen-bond acceptors (Lipinski definition) is 3. The molecule has 0 aliphatic carbocycles. The Morgan fingerprint density at radius 1 is 1.04 bits per heavy atom. The second-order valence-corrected chi connectivity index (χ2v) is 8.70. The van der Waals surface area contributed by atoms with Crippen molar-refractivity contribution in [2.45, 2.75) is 59.3 Å². The van der Waals surface area contributed by atoms with Crippen LogP contribution in [0.25, 0.3) is 0 Å². The van der Waals surface area contributed by atoms with E-state index in [0.29, 0.717) is 23.4 Å². The summed E-state index contributed by atoms with van der Waals surface area (Å²) in [7, 11) is 0. The van der Waals surface area contributed by atoms with Gasteiger partial charge in [-0.1, -0.05) is 20.8 Å². The van der Waals surface area contributed by atoms with Gasteiger partial charge in [0.2, 0.25) is 5.91 Å². The third kappa shape index (κ3) is 4.92. The lowest BCUT2D eigenvalue weighted by molar-refractivity contribution is -0.134. The number of amides is 2. The fraction of sp³-hybridized carbons (Fsp3) is 0.696. The normalized spacial score (nSPS) is 21.6. The topological polar surface area (TPSA) is 53.5 Å². The van der Waals surface area contributed by atoms with Crippen LogP contribution in [-0.4, -0.2) is 52.8 Å². The third-order valence-electron chi connectivity index (χ3n) is 6.52. The highest BCUT2D eigenvalue weighted by molar-refractivity contribution is 5.92. The summed E-state index contributed by atoms with van der Waals surface area (Å²) in [5, 5.41) is 0. The van der Waals surface area contributed by atoms with Crippen molar-refractivity contribution >= 4 is 11.8 Å². The zero-order chi connectivity index (χ0) is 20.1. The average Bonchev–Trinajstić information content (AvgIpc) is 2.99. The van der Waals surface area contributed by atoms with Crippen molar-refractivity contribution in [3.63, 3.8) is 0 Å². The molecule has 0 saturated carbocycles. The Morgan fingerprint density at radius 2 is 1.68 bits per heavy atom. The molecule has 0 spiro atoms. The highest BCUT2D eigenvalue weighted by Gasteiger charge is 2.31. The quantitative estimate of drug-likeness (QED) is 0.792. The molecule has 3 heterocycles. The van der Waals surface area contributed by atoms with Crippen LogP contribution in [0.15, 0.2) is 18.3 Å². The molecule has 0 bridgehead atoms. The Balaban J connectivity index is 1.52. The number of pyridine rings is 1. The third-order valence-corrected chi connectivity index (χ3v) is 6.52. The molecular weight excluding hydrogens is 350 g/mol. The Kier molecular flexibility index (Phi) is 7.08. The van der Waals surface area contributed by atoms with E-state index in [1.807, 2.05) is 30.9 Å². The molecule has 28 heavy (non-hydrogen) atoms. The molecule has 3 rings (SSSR count). The smallest absolute Gasteiger partial charge is 0.272 e. The minimum Gasteiger partial charge on any atom is -0.342 e. The fourth-order valence-electron chi connectivity index (χ4n) is 4.73. The lowest BCUT2D eigenvalue weighted by Crippen LogP contribution is -2.40. The van der Waals surface area contributed by atoms with Crippen LogP contribution < -0.4 is 0 Å². The summed E-state index contributed by atoms with van der Waals surface area (Å²) in [6, 6.07) is 3.91. The van der Waals surface area contributed by atoms with Crippen LogP contribution >= 0.6 is 0 Å². The largest absolute Gasteiger partial charge is 0.342 e. The number of rotatable bonds is 4. The zero-order valence-corrected chi connectivity index (χ0v) is 17.7. The maximum atomic E-state index is 12.8. The van der Waals surface area contributed by atoms with E-state index in [1.165, 1.54) is 6.42 Å². The number of nitrogens with zero attached hydrogens (tertiary/aromatic N) is 3. The van der Waals surface area contributed by atoms with Gasteiger partial charge in [-0.25, -0.2) is 0 Å². The van der Waals surface area contributed by atoms with E-state index in [0.717, 1.165) is 63.8 Å². The molecule has 0 radical (unpaired) electrons. The van der Waals surface area contributed by atoms with E-state index in [4.69, 9.17) is 0 Å². The molecule has 2 fully saturated rings. The van der Waals surface area contributed by atoms with Crippen LogP contribution in [0.3, 0.4) is 0 Å². The number of piperidine rings is 1. The molecule has 1 aromatic heterocycles. The SMILES string of the molecule is CCc1ccnc(C(=O)N2CCC(C3CCCN(C(=O)C(C)C)CC3)CC2)c1. The molecule has 2 aliphatic rings. The first-order valence-corrected chi connectivity index (χ1v) is 11.0. The summed E-state index contributed by atoms with van der Waals surface area (Å²) in [5.41, 5.74) is 1.74. The number of likely N-dealkylation sites (tertiary alicyclic amines) is 2. The Morgan fingerprint density at radius 3 is 2.32 bits per heavy atom. The van der Waals surface area contributed by atoms with E-state index < -0.39 is 0 Å². The molecule has 5 heteroatoms. The summed E-state index contributed by atoms with van der Waals surface area (Å²) in [4.78, 5) is 33.4. The van der Waals surface area contributed by atoms with Gasteiger partial charge in [0.1, 0.15) is 5.69 Å². The van der Waals surface area contributed by atoms with Gasteiger partial charge in [0.15, 0.2) is 0 Å². The highest BCUT2D eigenvalue weighted by Crippen LogP contribution is 2.33. The van der Waals surface area contributed by atoms with Gasteiger partial charge in [0, 0.05) is 38.3 Å². The van der Waals surface area contributed by atoms with Gasteiger partial charge >= 0.3 is 0 Å². The predicted octanol–water partition coefficient (Wildman–Crippen LogP) is 3.78. The number of aryl methyl sites for hydroxylation is 1. The van der Waals surface area contributed by atoms with Crippen molar-refractivity contribution in [3.05, 3.63) is 29.6 Å². The van der Waals surface area contributed by atoms with Crippen molar-refractivity contribution in [3.8, 4) is 0 Å². The second-order valence-electron chi connectivity index (χ2n) is 8.70. The Hall–Kier alpha value is -1.91. The minimum absolute atomic E-state index is 0.0725. The fourth-order valence-corrected chi connectivity index (χ4v) is 4.73. The van der Waals surface area contributed by atoms with Crippen LogP contribution in [0, 0.1) is 17.8 Å². The number of carbonyl (C=O) groups is 2. The molecule has 154 valence electrons. The summed E-state index contributed by atoms with van der Waals surface area (Å²) >= 11 is 0. The molecule has 2 aliphatic heterocycles. The van der Waals surface area contributed by atoms with Gasteiger partial charge in [0.05, 0.1) is 0 Å². The lowest BCUT2D eigenvalue weighted by Gasteiger charge is -2.36. The molecule has 0 N–H and O–H groups in total. The van der Waals surface area contributed by atoms with Gasteiger partial charge < -0.3 is 9.80 Å². The first kappa shape index (κ1) is 20.8. The number of aromatic nitrogens is 1. The zero-order valence-electron chi connectivity index (χ0n) is 17.7. The van der Waals surface area contributed by atoms with Gasteiger partial charge in [-0.15, -0.1) is 0 Å². The second kappa shape index (κ2) is 9.53. The van der Waals surface area contributed by atoms with Gasteiger partial charge in [0.25, 0.3) is 5.91 Å². The van der Waals surface area contributed by atoms with E-state index >= 15 is 0 Å². The molecule has 1 aromatic rings. The van der Waals surface area contributed by atoms with Crippen molar-refractivity contribution in [1.29, 1.82) is 0 Å². The lowest BCUT2D eigenvalue weighted by atomic mass is 9.80. The first-order chi connectivity index (χ1) is 13.5. The number of hydrogen-bond donors (Lipinski definition) is 0. The van der Waals surface area contributed by atoms with Crippen molar-refractivity contribution in [1.82, 2.24) is 14.8 Å². The van der Waals surface area contributed by atoms with Crippen molar-refractivity contribution < 1.29 is 9.59 Å². The summed E-state index contributed by atoms with van der Waals surface area (Å²) in [5.74, 6) is 1.81. The van der Waals surface area contributed by atoms with Crippen LogP contribution in [0.2, 0.25) is 0 Å². The van der Waals surface area contributed by atoms with Gasteiger partial charge in [-0.3, -0.25) is 14.6 Å². The number of carbonyl (C=O) groups excluding carboxylic acids is 2. The van der Waals surface area contributed by atoms with Crippen molar-refractivity contribution in [2.24, 2.45) is 17.8 Å². The van der Waals surface area contributed by atoms with E-state index in [1.54, 1.807) is 6.20 Å². The van der Waals surface area contributed by atoms with Gasteiger partial charge in [-0.2, -0.15) is 0 Å². The van der Waals surface area contributed by atoms with Crippen LogP contribution in [0.4, 0.5) is 0 Å². The summed E-state index contributed by atoms with van der Waals surface area (Å²) in [6.07, 6.45) is 8.23. The van der Waals surface area contributed by atoms with Crippen molar-refractivity contribution in [2.75, 3.05) is 26.2 Å². The Bertz CT molecular complexity index is 680. The monoisotopic (exact) mass is 385 g/mol. The van der Waals surface area contributed by atoms with Gasteiger partial charge in [-0.05, 0) is 68.1 Å². The minimum atomic E-state index is 0.0725. The molecule has 2 saturated heterocycles. The molecular formula is C23H35N3O2. The van der Waals surface area contributed by atoms with E-state index in [2.05, 4.69) is 16.8 Å². The Labute approximate surface area is 169 Å². The molecule has 2 amide bonds. The van der Waals surface area contributed by atoms with Crippen LogP contribution in [-0.2, 0) is 11.2 Å². The molecule has 1 atom stereocenters. The molecule has 5 nitrogen and oxygen atoms in total. The summed E-state index contributed by atoms with van der Waals surface area (Å²) < 4.78 is 0. The summed E-state index contributed by atoms with van der Waals surface area (Å²) in [6.45, 7) is 9.53.